The van der Waals surface area contributed by atoms with Crippen molar-refractivity contribution in [3.8, 4) is 0 Å². The lowest BCUT2D eigenvalue weighted by molar-refractivity contribution is 0.0283. The van der Waals surface area contributed by atoms with Gasteiger partial charge in [-0.25, -0.2) is 0 Å². The minimum Gasteiger partial charge on any atom is -0.486 e. The van der Waals surface area contributed by atoms with Gasteiger partial charge in [0.25, 0.3) is 0 Å². The third kappa shape index (κ3) is 5.55. The molecule has 0 N–H and O–H groups in total. The quantitative estimate of drug-likeness (QED) is 0.586. The highest BCUT2D eigenvalue weighted by Gasteiger charge is 2.14. The molecule has 1 aromatic carbocycles. The van der Waals surface area contributed by atoms with E-state index in [0.717, 1.165) is 24.8 Å². The second-order valence-corrected chi connectivity index (χ2v) is 4.53. The Morgan fingerprint density at radius 2 is 1.25 bits per heavy atom. The predicted octanol–water partition coefficient (Wildman–Crippen LogP) is 4.59. The van der Waals surface area contributed by atoms with Crippen molar-refractivity contribution in [2.45, 2.75) is 40.0 Å². The largest absolute Gasteiger partial charge is 0.486 e. The van der Waals surface area contributed by atoms with E-state index in [4.69, 9.17) is 14.2 Å². The fraction of sp³-hybridized carbons (Fsp3) is 0.529. The van der Waals surface area contributed by atoms with E-state index in [1.165, 1.54) is 0 Å². The van der Waals surface area contributed by atoms with Gasteiger partial charge in [-0.2, -0.15) is 0 Å². The van der Waals surface area contributed by atoms with Gasteiger partial charge in [0, 0.05) is 5.56 Å². The monoisotopic (exact) mass is 278 g/mol. The Balaban J connectivity index is 3.00. The minimum atomic E-state index is 0.508. The summed E-state index contributed by atoms with van der Waals surface area (Å²) in [6.07, 6.45) is 2.83. The van der Waals surface area contributed by atoms with Crippen molar-refractivity contribution >= 4 is 5.76 Å². The molecule has 112 valence electrons. The summed E-state index contributed by atoms with van der Waals surface area (Å²) >= 11 is 0. The summed E-state index contributed by atoms with van der Waals surface area (Å²) in [6.45, 7) is 8.15. The van der Waals surface area contributed by atoms with Crippen molar-refractivity contribution in [2.75, 3.05) is 19.8 Å². The highest BCUT2D eigenvalue weighted by molar-refractivity contribution is 5.60. The second-order valence-electron chi connectivity index (χ2n) is 4.53. The van der Waals surface area contributed by atoms with Crippen LogP contribution in [0.2, 0.25) is 0 Å². The van der Waals surface area contributed by atoms with Crippen molar-refractivity contribution < 1.29 is 14.2 Å². The van der Waals surface area contributed by atoms with E-state index in [1.807, 2.05) is 30.3 Å². The van der Waals surface area contributed by atoms with Crippen molar-refractivity contribution in [3.05, 3.63) is 41.8 Å². The molecule has 3 heteroatoms. The predicted molar refractivity (Wildman–Crippen MR) is 82.1 cm³/mol. The molecule has 0 aliphatic carbocycles. The van der Waals surface area contributed by atoms with Crippen molar-refractivity contribution in [1.82, 2.24) is 0 Å². The first kappa shape index (κ1) is 16.4. The van der Waals surface area contributed by atoms with Gasteiger partial charge in [0.2, 0.25) is 5.76 Å². The van der Waals surface area contributed by atoms with Gasteiger partial charge in [0.05, 0.1) is 19.8 Å². The van der Waals surface area contributed by atoms with Crippen LogP contribution in [0.4, 0.5) is 0 Å². The lowest BCUT2D eigenvalue weighted by Gasteiger charge is -2.17. The van der Waals surface area contributed by atoms with Gasteiger partial charge in [-0.05, 0) is 19.3 Å². The van der Waals surface area contributed by atoms with Gasteiger partial charge in [-0.3, -0.25) is 0 Å². The fourth-order valence-electron chi connectivity index (χ4n) is 1.62. The number of benzene rings is 1. The molecule has 0 radical (unpaired) electrons. The van der Waals surface area contributed by atoms with Gasteiger partial charge >= 0.3 is 5.95 Å². The van der Waals surface area contributed by atoms with Crippen LogP contribution < -0.4 is 0 Å². The second kappa shape index (κ2) is 10.2. The highest BCUT2D eigenvalue weighted by Crippen LogP contribution is 2.22. The van der Waals surface area contributed by atoms with E-state index < -0.39 is 0 Å². The van der Waals surface area contributed by atoms with Crippen molar-refractivity contribution in [1.29, 1.82) is 0 Å². The Morgan fingerprint density at radius 3 is 1.75 bits per heavy atom. The highest BCUT2D eigenvalue weighted by atomic mass is 16.7. The average molecular weight is 278 g/mol. The molecule has 3 nitrogen and oxygen atoms in total. The van der Waals surface area contributed by atoms with E-state index in [0.29, 0.717) is 31.5 Å². The van der Waals surface area contributed by atoms with Crippen LogP contribution in [0.1, 0.15) is 45.6 Å². The molecule has 1 rings (SSSR count). The first-order valence-electron chi connectivity index (χ1n) is 7.51. The molecule has 1 aromatic rings. The Hall–Kier alpha value is -1.64. The summed E-state index contributed by atoms with van der Waals surface area (Å²) in [5.41, 5.74) is 0.989. The summed E-state index contributed by atoms with van der Waals surface area (Å²) in [5, 5.41) is 0. The SMILES string of the molecule is CCCOC(OCCC)=C(OCCC)c1ccccc1. The van der Waals surface area contributed by atoms with E-state index in [1.54, 1.807) is 0 Å². The normalized spacial score (nSPS) is 9.95. The molecule has 0 saturated carbocycles. The molecule has 0 atom stereocenters. The van der Waals surface area contributed by atoms with Gasteiger partial charge in [0.15, 0.2) is 0 Å². The lowest BCUT2D eigenvalue weighted by Crippen LogP contribution is -2.07. The Morgan fingerprint density at radius 1 is 0.750 bits per heavy atom. The zero-order valence-corrected chi connectivity index (χ0v) is 12.9. The van der Waals surface area contributed by atoms with Crippen LogP contribution in [-0.4, -0.2) is 19.8 Å². The summed E-state index contributed by atoms with van der Waals surface area (Å²) in [6, 6.07) is 9.98. The molecular weight excluding hydrogens is 252 g/mol. The molecule has 0 amide bonds. The van der Waals surface area contributed by atoms with Crippen LogP contribution in [0.25, 0.3) is 5.76 Å². The molecule has 0 aliphatic rings. The maximum Gasteiger partial charge on any atom is 0.324 e. The van der Waals surface area contributed by atoms with E-state index in [2.05, 4.69) is 20.8 Å². The van der Waals surface area contributed by atoms with Gasteiger partial charge in [-0.1, -0.05) is 51.1 Å². The summed E-state index contributed by atoms with van der Waals surface area (Å²) in [5.74, 6) is 1.21. The molecule has 0 aromatic heterocycles. The first-order valence-corrected chi connectivity index (χ1v) is 7.51. The minimum absolute atomic E-state index is 0.508. The molecule has 0 saturated heterocycles. The Bertz CT molecular complexity index is 374. The van der Waals surface area contributed by atoms with Crippen molar-refractivity contribution in [3.63, 3.8) is 0 Å². The Labute approximate surface area is 122 Å². The number of hydrogen-bond acceptors (Lipinski definition) is 3. The smallest absolute Gasteiger partial charge is 0.324 e. The first-order chi connectivity index (χ1) is 9.83. The summed E-state index contributed by atoms with van der Waals surface area (Å²) in [4.78, 5) is 0. The molecule has 0 bridgehead atoms. The van der Waals surface area contributed by atoms with Gasteiger partial charge in [0.1, 0.15) is 0 Å². The van der Waals surface area contributed by atoms with Crippen LogP contribution in [0.15, 0.2) is 36.3 Å². The molecule has 0 aliphatic heterocycles. The zero-order valence-electron chi connectivity index (χ0n) is 12.9. The molecule has 0 heterocycles. The molecule has 0 fully saturated rings. The van der Waals surface area contributed by atoms with E-state index >= 15 is 0 Å². The van der Waals surface area contributed by atoms with E-state index in [-0.39, 0.29) is 0 Å². The molecule has 0 spiro atoms. The molecule has 20 heavy (non-hydrogen) atoms. The van der Waals surface area contributed by atoms with E-state index in [9.17, 15) is 0 Å². The standard InChI is InChI=1S/C17H26O3/c1-4-12-18-16(15-10-8-7-9-11-15)17(19-13-5-2)20-14-6-3/h7-11H,4-6,12-14H2,1-3H3. The van der Waals surface area contributed by atoms with Gasteiger partial charge in [-0.15, -0.1) is 0 Å². The Kier molecular flexibility index (Phi) is 8.36. The number of ether oxygens (including phenoxy) is 3. The van der Waals surface area contributed by atoms with Crippen molar-refractivity contribution in [2.24, 2.45) is 0 Å². The zero-order chi connectivity index (χ0) is 14.6. The van der Waals surface area contributed by atoms with Crippen LogP contribution >= 0.6 is 0 Å². The van der Waals surface area contributed by atoms with Crippen LogP contribution in [0, 0.1) is 0 Å². The fourth-order valence-corrected chi connectivity index (χ4v) is 1.62. The maximum absolute atomic E-state index is 5.86. The summed E-state index contributed by atoms with van der Waals surface area (Å²) in [7, 11) is 0. The van der Waals surface area contributed by atoms with Crippen LogP contribution in [-0.2, 0) is 14.2 Å². The molecule has 0 unspecified atom stereocenters. The number of hydrogen-bond donors (Lipinski definition) is 0. The number of rotatable bonds is 10. The average Bonchev–Trinajstić information content (AvgIpc) is 2.50. The lowest BCUT2D eigenvalue weighted by atomic mass is 10.2. The molecular formula is C17H26O3. The summed E-state index contributed by atoms with van der Waals surface area (Å²) < 4.78 is 17.3. The van der Waals surface area contributed by atoms with Crippen LogP contribution in [0.5, 0.6) is 0 Å². The van der Waals surface area contributed by atoms with Gasteiger partial charge < -0.3 is 14.2 Å². The van der Waals surface area contributed by atoms with Crippen LogP contribution in [0.3, 0.4) is 0 Å². The topological polar surface area (TPSA) is 27.7 Å². The third-order valence-electron chi connectivity index (χ3n) is 2.55. The third-order valence-corrected chi connectivity index (χ3v) is 2.55. The maximum atomic E-state index is 5.86.